The first-order chi connectivity index (χ1) is 14.2. The summed E-state index contributed by atoms with van der Waals surface area (Å²) in [6.07, 6.45) is -4.99. The van der Waals surface area contributed by atoms with Crippen LogP contribution in [0.3, 0.4) is 0 Å². The molecule has 0 fully saturated rings. The minimum Gasteiger partial charge on any atom is -0.328 e. The summed E-state index contributed by atoms with van der Waals surface area (Å²) in [6, 6.07) is 3.04. The summed E-state index contributed by atoms with van der Waals surface area (Å²) in [5.74, 6) is -3.95. The predicted octanol–water partition coefficient (Wildman–Crippen LogP) is 2.53. The number of carbonyl (C=O) groups excluding carboxylic acids is 1. The van der Waals surface area contributed by atoms with E-state index in [0.29, 0.717) is 11.5 Å². The third-order valence-corrected chi connectivity index (χ3v) is 5.62. The van der Waals surface area contributed by atoms with Crippen molar-refractivity contribution >= 4 is 21.6 Å². The third kappa shape index (κ3) is 4.65. The van der Waals surface area contributed by atoms with Gasteiger partial charge in [0.15, 0.2) is 10.7 Å². The van der Waals surface area contributed by atoms with Crippen LogP contribution in [-0.2, 0) is 17.1 Å². The van der Waals surface area contributed by atoms with Gasteiger partial charge in [0.05, 0.1) is 5.56 Å². The second-order valence-electron chi connectivity index (χ2n) is 6.16. The average Bonchev–Trinajstić information content (AvgIpc) is 2.92. The quantitative estimate of drug-likeness (QED) is 0.662. The number of aromatic nitrogens is 1. The van der Waals surface area contributed by atoms with Gasteiger partial charge < -0.3 is 9.88 Å². The van der Waals surface area contributed by atoms with Crippen molar-refractivity contribution in [3.63, 3.8) is 0 Å². The van der Waals surface area contributed by atoms with E-state index in [1.165, 1.54) is 16.9 Å². The Morgan fingerprint density at radius 1 is 1.19 bits per heavy atom. The zero-order valence-corrected chi connectivity index (χ0v) is 16.5. The number of carbonyl (C=O) groups is 1. The summed E-state index contributed by atoms with van der Waals surface area (Å²) in [4.78, 5) is 11.0. The maximum Gasteiger partial charge on any atom is 0.404 e. The van der Waals surface area contributed by atoms with Crippen molar-refractivity contribution in [1.82, 2.24) is 9.29 Å². The standard InChI is InChI=1S/C17H12F5N5O3S/c1-8(17(20,21)22)26-31(29,30)15-12(7-24)27(2)14(13(15)19)16(28)25-10-3-4-11(18)9(5-10)6-23/h3-5,8,26H,1-2H3,(H,25,28)/t8-/m1/s1. The largest absolute Gasteiger partial charge is 0.404 e. The summed E-state index contributed by atoms with van der Waals surface area (Å²) >= 11 is 0. The molecule has 0 bridgehead atoms. The van der Waals surface area contributed by atoms with Crippen LogP contribution < -0.4 is 10.0 Å². The number of benzene rings is 1. The molecule has 2 rings (SSSR count). The van der Waals surface area contributed by atoms with Gasteiger partial charge in [-0.25, -0.2) is 17.2 Å². The number of anilines is 1. The van der Waals surface area contributed by atoms with Crippen molar-refractivity contribution in [1.29, 1.82) is 10.5 Å². The molecule has 1 heterocycles. The number of rotatable bonds is 5. The molecule has 164 valence electrons. The zero-order valence-electron chi connectivity index (χ0n) is 15.7. The molecular formula is C17H12F5N5O3S. The molecular weight excluding hydrogens is 449 g/mol. The lowest BCUT2D eigenvalue weighted by atomic mass is 10.2. The van der Waals surface area contributed by atoms with Gasteiger partial charge in [0.25, 0.3) is 5.91 Å². The predicted molar refractivity (Wildman–Crippen MR) is 95.0 cm³/mol. The summed E-state index contributed by atoms with van der Waals surface area (Å²) < 4.78 is 92.9. The molecule has 31 heavy (non-hydrogen) atoms. The fraction of sp³-hybridized carbons (Fsp3) is 0.235. The van der Waals surface area contributed by atoms with E-state index in [0.717, 1.165) is 25.2 Å². The number of hydrogen-bond donors (Lipinski definition) is 2. The van der Waals surface area contributed by atoms with Gasteiger partial charge in [0.2, 0.25) is 10.0 Å². The van der Waals surface area contributed by atoms with Gasteiger partial charge in [-0.05, 0) is 25.1 Å². The highest BCUT2D eigenvalue weighted by atomic mass is 32.2. The topological polar surface area (TPSA) is 128 Å². The van der Waals surface area contributed by atoms with E-state index < -0.39 is 61.6 Å². The van der Waals surface area contributed by atoms with Crippen LogP contribution in [-0.4, -0.2) is 31.1 Å². The van der Waals surface area contributed by atoms with Crippen molar-refractivity contribution in [2.75, 3.05) is 5.32 Å². The van der Waals surface area contributed by atoms with Crippen LogP contribution in [0.4, 0.5) is 27.6 Å². The second kappa shape index (κ2) is 8.33. The van der Waals surface area contributed by atoms with Crippen LogP contribution in [0, 0.1) is 34.3 Å². The lowest BCUT2D eigenvalue weighted by molar-refractivity contribution is -0.147. The molecule has 2 N–H and O–H groups in total. The van der Waals surface area contributed by atoms with Gasteiger partial charge in [-0.3, -0.25) is 4.79 Å². The minimum absolute atomic E-state index is 0.157. The van der Waals surface area contributed by atoms with E-state index in [1.54, 1.807) is 0 Å². The van der Waals surface area contributed by atoms with E-state index >= 15 is 0 Å². The lowest BCUT2D eigenvalue weighted by Gasteiger charge is -2.16. The number of nitrogens with zero attached hydrogens (tertiary/aromatic N) is 3. The van der Waals surface area contributed by atoms with Gasteiger partial charge in [-0.1, -0.05) is 0 Å². The fourth-order valence-electron chi connectivity index (χ4n) is 2.48. The van der Waals surface area contributed by atoms with E-state index in [1.807, 2.05) is 0 Å². The molecule has 14 heteroatoms. The summed E-state index contributed by atoms with van der Waals surface area (Å²) in [5, 5.41) is 20.1. The first kappa shape index (κ1) is 23.8. The number of sulfonamides is 1. The van der Waals surface area contributed by atoms with Crippen LogP contribution in [0.1, 0.15) is 28.7 Å². The molecule has 0 saturated heterocycles. The van der Waals surface area contributed by atoms with Crippen LogP contribution in [0.25, 0.3) is 0 Å². The molecule has 1 aromatic carbocycles. The SMILES string of the molecule is C[C@@H](NS(=O)(=O)c1c(F)c(C(=O)Nc2ccc(F)c(C#N)c2)n(C)c1C#N)C(F)(F)F. The normalized spacial score (nSPS) is 12.7. The highest BCUT2D eigenvalue weighted by Gasteiger charge is 2.41. The smallest absolute Gasteiger partial charge is 0.328 e. The first-order valence-electron chi connectivity index (χ1n) is 8.12. The Morgan fingerprint density at radius 2 is 1.81 bits per heavy atom. The Balaban J connectivity index is 2.53. The van der Waals surface area contributed by atoms with Crippen LogP contribution in [0.15, 0.2) is 23.1 Å². The van der Waals surface area contributed by atoms with Gasteiger partial charge in [-0.15, -0.1) is 0 Å². The zero-order chi connectivity index (χ0) is 23.7. The molecule has 1 amide bonds. The Kier molecular flexibility index (Phi) is 6.39. The highest BCUT2D eigenvalue weighted by Crippen LogP contribution is 2.28. The lowest BCUT2D eigenvalue weighted by Crippen LogP contribution is -2.43. The maximum atomic E-state index is 14.9. The number of alkyl halides is 3. The Labute approximate surface area is 172 Å². The van der Waals surface area contributed by atoms with Gasteiger partial charge >= 0.3 is 6.18 Å². The Morgan fingerprint density at radius 3 is 2.32 bits per heavy atom. The molecule has 1 aromatic heterocycles. The van der Waals surface area contributed by atoms with Crippen molar-refractivity contribution in [2.45, 2.75) is 24.0 Å². The summed E-state index contributed by atoms with van der Waals surface area (Å²) in [7, 11) is -4.25. The van der Waals surface area contributed by atoms with E-state index in [-0.39, 0.29) is 5.69 Å². The number of nitriles is 2. The molecule has 0 aliphatic heterocycles. The van der Waals surface area contributed by atoms with Crippen molar-refractivity contribution in [3.05, 3.63) is 46.8 Å². The van der Waals surface area contributed by atoms with Crippen molar-refractivity contribution < 1.29 is 35.2 Å². The molecule has 8 nitrogen and oxygen atoms in total. The molecule has 0 saturated carbocycles. The number of amides is 1. The van der Waals surface area contributed by atoms with Gasteiger partial charge in [0.1, 0.15) is 35.4 Å². The number of hydrogen-bond acceptors (Lipinski definition) is 5. The molecule has 0 aliphatic carbocycles. The molecule has 1 atom stereocenters. The molecule has 2 aromatic rings. The van der Waals surface area contributed by atoms with Crippen LogP contribution in [0.2, 0.25) is 0 Å². The monoisotopic (exact) mass is 461 g/mol. The molecule has 0 unspecified atom stereocenters. The van der Waals surface area contributed by atoms with E-state index in [4.69, 9.17) is 5.26 Å². The van der Waals surface area contributed by atoms with Crippen molar-refractivity contribution in [2.24, 2.45) is 7.05 Å². The third-order valence-electron chi connectivity index (χ3n) is 4.05. The van der Waals surface area contributed by atoms with E-state index in [2.05, 4.69) is 5.32 Å². The average molecular weight is 461 g/mol. The molecule has 0 radical (unpaired) electrons. The maximum absolute atomic E-state index is 14.9. The van der Waals surface area contributed by atoms with Gasteiger partial charge in [0, 0.05) is 12.7 Å². The Bertz CT molecular complexity index is 1240. The highest BCUT2D eigenvalue weighted by molar-refractivity contribution is 7.89. The Hall–Kier alpha value is -3.49. The van der Waals surface area contributed by atoms with Crippen molar-refractivity contribution in [3.8, 4) is 12.1 Å². The van der Waals surface area contributed by atoms with Crippen LogP contribution >= 0.6 is 0 Å². The minimum atomic E-state index is -5.20. The number of halogens is 5. The second-order valence-corrected chi connectivity index (χ2v) is 7.81. The van der Waals surface area contributed by atoms with Gasteiger partial charge in [-0.2, -0.15) is 28.4 Å². The van der Waals surface area contributed by atoms with Crippen LogP contribution in [0.5, 0.6) is 0 Å². The number of nitrogens with one attached hydrogen (secondary N) is 2. The van der Waals surface area contributed by atoms with E-state index in [9.17, 15) is 40.4 Å². The summed E-state index contributed by atoms with van der Waals surface area (Å²) in [5.41, 5.74) is -2.52. The molecule has 0 aliphatic rings. The fourth-order valence-corrected chi connectivity index (χ4v) is 3.97. The molecule has 0 spiro atoms. The summed E-state index contributed by atoms with van der Waals surface area (Å²) in [6.45, 7) is 0.472. The first-order valence-corrected chi connectivity index (χ1v) is 9.61.